The number of ether oxygens (including phenoxy) is 2. The number of amides is 2. The standard InChI is InChI=1S/C27H29BrN2O4/c1-15(2)24-14-34-27(32)30(24)26(31)21-12-20(21)25-16(3)29(13-17-5-7-18(28)8-6-17)23-10-9-19(33-4)11-22(23)25/h5-11,15,20-21,24H,12-14H2,1-4H3/t20-,21-,24+/m1/s1. The molecule has 1 aromatic heterocycles. The summed E-state index contributed by atoms with van der Waals surface area (Å²) in [6.07, 6.45) is 0.230. The number of aromatic nitrogens is 1. The number of hydrogen-bond acceptors (Lipinski definition) is 4. The summed E-state index contributed by atoms with van der Waals surface area (Å²) >= 11 is 3.51. The van der Waals surface area contributed by atoms with Crippen molar-refractivity contribution in [2.45, 2.75) is 45.7 Å². The Morgan fingerprint density at radius 2 is 1.94 bits per heavy atom. The second-order valence-corrected chi connectivity index (χ2v) is 10.6. The molecule has 0 spiro atoms. The highest BCUT2D eigenvalue weighted by Gasteiger charge is 2.52. The van der Waals surface area contributed by atoms with Crippen molar-refractivity contribution in [3.63, 3.8) is 0 Å². The second kappa shape index (κ2) is 8.77. The Balaban J connectivity index is 1.51. The number of benzene rings is 2. The molecule has 1 aliphatic carbocycles. The average Bonchev–Trinajstić information content (AvgIpc) is 3.43. The number of carbonyl (C=O) groups is 2. The van der Waals surface area contributed by atoms with Gasteiger partial charge in [-0.2, -0.15) is 0 Å². The number of nitrogens with zero attached hydrogens (tertiary/aromatic N) is 2. The molecule has 1 saturated heterocycles. The molecular formula is C27H29BrN2O4. The predicted octanol–water partition coefficient (Wildman–Crippen LogP) is 5.88. The van der Waals surface area contributed by atoms with Crippen LogP contribution in [0.4, 0.5) is 4.79 Å². The van der Waals surface area contributed by atoms with E-state index < -0.39 is 6.09 Å². The zero-order valence-electron chi connectivity index (χ0n) is 19.9. The van der Waals surface area contributed by atoms with E-state index in [-0.39, 0.29) is 36.3 Å². The first-order chi connectivity index (χ1) is 16.3. The van der Waals surface area contributed by atoms with E-state index in [1.54, 1.807) is 7.11 Å². The van der Waals surface area contributed by atoms with E-state index in [2.05, 4.69) is 63.8 Å². The van der Waals surface area contributed by atoms with Crippen molar-refractivity contribution in [3.8, 4) is 5.75 Å². The molecule has 0 bridgehead atoms. The quantitative estimate of drug-likeness (QED) is 0.404. The Morgan fingerprint density at radius 1 is 1.21 bits per heavy atom. The molecular weight excluding hydrogens is 496 g/mol. The smallest absolute Gasteiger partial charge is 0.416 e. The predicted molar refractivity (Wildman–Crippen MR) is 134 cm³/mol. The minimum Gasteiger partial charge on any atom is -0.497 e. The van der Waals surface area contributed by atoms with Gasteiger partial charge in [0.15, 0.2) is 0 Å². The van der Waals surface area contributed by atoms with Crippen molar-refractivity contribution in [2.24, 2.45) is 11.8 Å². The van der Waals surface area contributed by atoms with Crippen LogP contribution in [0.1, 0.15) is 43.0 Å². The molecule has 3 aromatic rings. The lowest BCUT2D eigenvalue weighted by Crippen LogP contribution is -2.42. The Hall–Kier alpha value is -2.80. The maximum Gasteiger partial charge on any atom is 0.416 e. The molecule has 2 heterocycles. The molecule has 1 aliphatic heterocycles. The summed E-state index contributed by atoms with van der Waals surface area (Å²) in [6.45, 7) is 7.18. The molecule has 178 valence electrons. The molecule has 0 radical (unpaired) electrons. The average molecular weight is 525 g/mol. The van der Waals surface area contributed by atoms with Gasteiger partial charge in [-0.05, 0) is 66.6 Å². The van der Waals surface area contributed by atoms with Crippen LogP contribution in [-0.4, -0.2) is 41.2 Å². The first kappa shape index (κ1) is 23.0. The zero-order chi connectivity index (χ0) is 24.1. The van der Waals surface area contributed by atoms with Crippen LogP contribution in [0, 0.1) is 18.8 Å². The molecule has 6 nitrogen and oxygen atoms in total. The minimum absolute atomic E-state index is 0.0782. The van der Waals surface area contributed by atoms with Crippen LogP contribution in [0.15, 0.2) is 46.9 Å². The van der Waals surface area contributed by atoms with Crippen LogP contribution in [0.25, 0.3) is 10.9 Å². The van der Waals surface area contributed by atoms with E-state index >= 15 is 0 Å². The molecule has 7 heteroatoms. The van der Waals surface area contributed by atoms with Crippen molar-refractivity contribution < 1.29 is 19.1 Å². The van der Waals surface area contributed by atoms with Crippen molar-refractivity contribution in [2.75, 3.05) is 13.7 Å². The van der Waals surface area contributed by atoms with Crippen molar-refractivity contribution in [1.29, 1.82) is 0 Å². The highest BCUT2D eigenvalue weighted by molar-refractivity contribution is 9.10. The van der Waals surface area contributed by atoms with Gasteiger partial charge in [0, 0.05) is 33.5 Å². The van der Waals surface area contributed by atoms with E-state index in [4.69, 9.17) is 9.47 Å². The number of cyclic esters (lactones) is 1. The molecule has 1 saturated carbocycles. The monoisotopic (exact) mass is 524 g/mol. The van der Waals surface area contributed by atoms with Crippen molar-refractivity contribution in [3.05, 3.63) is 63.8 Å². The third kappa shape index (κ3) is 3.90. The van der Waals surface area contributed by atoms with Gasteiger partial charge in [0.1, 0.15) is 12.4 Å². The van der Waals surface area contributed by atoms with Crippen LogP contribution < -0.4 is 4.74 Å². The van der Waals surface area contributed by atoms with E-state index in [1.165, 1.54) is 16.0 Å². The van der Waals surface area contributed by atoms with Gasteiger partial charge in [0.2, 0.25) is 5.91 Å². The van der Waals surface area contributed by atoms with E-state index in [0.717, 1.165) is 39.8 Å². The summed E-state index contributed by atoms with van der Waals surface area (Å²) < 4.78 is 14.1. The van der Waals surface area contributed by atoms with Crippen LogP contribution >= 0.6 is 15.9 Å². The maximum atomic E-state index is 13.4. The highest BCUT2D eigenvalue weighted by atomic mass is 79.9. The van der Waals surface area contributed by atoms with Crippen LogP contribution in [0.2, 0.25) is 0 Å². The first-order valence-corrected chi connectivity index (χ1v) is 12.5. The number of imide groups is 1. The van der Waals surface area contributed by atoms with Gasteiger partial charge < -0.3 is 14.0 Å². The minimum atomic E-state index is -0.509. The van der Waals surface area contributed by atoms with Gasteiger partial charge in [-0.25, -0.2) is 9.69 Å². The number of hydrogen-bond donors (Lipinski definition) is 0. The first-order valence-electron chi connectivity index (χ1n) is 11.7. The molecule has 2 fully saturated rings. The Bertz CT molecular complexity index is 1260. The largest absolute Gasteiger partial charge is 0.497 e. The van der Waals surface area contributed by atoms with Crippen molar-refractivity contribution >= 4 is 38.8 Å². The maximum absolute atomic E-state index is 13.4. The van der Waals surface area contributed by atoms with Gasteiger partial charge in [0.05, 0.1) is 13.2 Å². The Labute approximate surface area is 207 Å². The summed E-state index contributed by atoms with van der Waals surface area (Å²) in [4.78, 5) is 27.1. The van der Waals surface area contributed by atoms with E-state index in [0.29, 0.717) is 0 Å². The number of fused-ring (bicyclic) bond motifs is 1. The molecule has 3 atom stereocenters. The van der Waals surface area contributed by atoms with E-state index in [1.807, 2.05) is 19.9 Å². The summed E-state index contributed by atoms with van der Waals surface area (Å²) in [7, 11) is 1.67. The van der Waals surface area contributed by atoms with Crippen LogP contribution in [0.3, 0.4) is 0 Å². The van der Waals surface area contributed by atoms with Crippen LogP contribution in [0.5, 0.6) is 5.75 Å². The molecule has 2 aliphatic rings. The van der Waals surface area contributed by atoms with Crippen molar-refractivity contribution in [1.82, 2.24) is 9.47 Å². The molecule has 2 amide bonds. The number of carbonyl (C=O) groups excluding carboxylic acids is 2. The zero-order valence-corrected chi connectivity index (χ0v) is 21.5. The van der Waals surface area contributed by atoms with Crippen LogP contribution in [-0.2, 0) is 16.1 Å². The van der Waals surface area contributed by atoms with Gasteiger partial charge in [-0.1, -0.05) is 41.9 Å². The fourth-order valence-electron chi connectivity index (χ4n) is 5.20. The molecule has 34 heavy (non-hydrogen) atoms. The van der Waals surface area contributed by atoms with E-state index in [9.17, 15) is 9.59 Å². The summed E-state index contributed by atoms with van der Waals surface area (Å²) in [5.74, 6) is 0.716. The SMILES string of the molecule is COc1ccc2c(c1)c([C@@H]1C[C@H]1C(=O)N1C(=O)OC[C@H]1C(C)C)c(C)n2Cc1ccc(Br)cc1. The van der Waals surface area contributed by atoms with Gasteiger partial charge in [-0.3, -0.25) is 4.79 Å². The molecule has 0 N–H and O–H groups in total. The lowest BCUT2D eigenvalue weighted by molar-refractivity contribution is -0.131. The third-order valence-electron chi connectivity index (χ3n) is 7.22. The molecule has 2 aromatic carbocycles. The van der Waals surface area contributed by atoms with Gasteiger partial charge in [0.25, 0.3) is 0 Å². The number of methoxy groups -OCH3 is 1. The number of rotatable bonds is 6. The topological polar surface area (TPSA) is 60.8 Å². The molecule has 5 rings (SSSR count). The fourth-order valence-corrected chi connectivity index (χ4v) is 5.47. The lowest BCUT2D eigenvalue weighted by atomic mass is 10.0. The normalized spacial score (nSPS) is 21.9. The highest BCUT2D eigenvalue weighted by Crippen LogP contribution is 2.53. The van der Waals surface area contributed by atoms with Gasteiger partial charge in [-0.15, -0.1) is 0 Å². The molecule has 0 unspecified atom stereocenters. The lowest BCUT2D eigenvalue weighted by Gasteiger charge is -2.22. The van der Waals surface area contributed by atoms with Gasteiger partial charge >= 0.3 is 6.09 Å². The summed E-state index contributed by atoms with van der Waals surface area (Å²) in [5.41, 5.74) is 4.65. The second-order valence-electron chi connectivity index (χ2n) is 9.64. The third-order valence-corrected chi connectivity index (χ3v) is 7.75. The number of halogens is 1. The summed E-state index contributed by atoms with van der Waals surface area (Å²) in [6, 6.07) is 14.3. The Kier molecular flexibility index (Phi) is 5.92. The summed E-state index contributed by atoms with van der Waals surface area (Å²) in [5, 5.41) is 1.11. The Morgan fingerprint density at radius 3 is 2.62 bits per heavy atom. The fraction of sp³-hybridized carbons (Fsp3) is 0.407.